The van der Waals surface area contributed by atoms with Gasteiger partial charge in [-0.1, -0.05) is 12.1 Å². The number of rotatable bonds is 5. The van der Waals surface area contributed by atoms with Crippen molar-refractivity contribution < 1.29 is 9.85 Å². The SMILES string of the molecule is O=[N+]([O-])c1ccc(Sn2c(CCl)nc3ccccc32)c([N+](=O)[O-])c1. The standard InChI is InChI=1S/C14H9ClN4O4S/c15-8-14-16-10-3-1-2-4-11(10)17(14)24-13-6-5-9(18(20)21)7-12(13)19(22)23/h1-7H,8H2. The van der Waals surface area contributed by atoms with Crippen molar-refractivity contribution in [3.8, 4) is 0 Å². The molecule has 122 valence electrons. The van der Waals surface area contributed by atoms with Gasteiger partial charge in [0.15, 0.2) is 0 Å². The predicted molar refractivity (Wildman–Crippen MR) is 90.3 cm³/mol. The molecule has 3 rings (SSSR count). The summed E-state index contributed by atoms with van der Waals surface area (Å²) < 4.78 is 1.69. The van der Waals surface area contributed by atoms with E-state index < -0.39 is 9.85 Å². The Kier molecular flexibility index (Phi) is 4.36. The van der Waals surface area contributed by atoms with E-state index in [4.69, 9.17) is 11.6 Å². The molecule has 1 heterocycles. The van der Waals surface area contributed by atoms with Crippen LogP contribution in [0.2, 0.25) is 0 Å². The third-order valence-electron chi connectivity index (χ3n) is 3.24. The van der Waals surface area contributed by atoms with Gasteiger partial charge in [-0.25, -0.2) is 4.98 Å². The zero-order valence-electron chi connectivity index (χ0n) is 12.0. The highest BCUT2D eigenvalue weighted by molar-refractivity contribution is 7.98. The summed E-state index contributed by atoms with van der Waals surface area (Å²) >= 11 is 6.97. The van der Waals surface area contributed by atoms with Crippen LogP contribution in [0.25, 0.3) is 11.0 Å². The normalized spacial score (nSPS) is 10.9. The van der Waals surface area contributed by atoms with E-state index in [-0.39, 0.29) is 22.2 Å². The van der Waals surface area contributed by atoms with Gasteiger partial charge in [-0.2, -0.15) is 0 Å². The fourth-order valence-electron chi connectivity index (χ4n) is 2.18. The highest BCUT2D eigenvalue weighted by Crippen LogP contribution is 2.36. The number of hydrogen-bond acceptors (Lipinski definition) is 6. The predicted octanol–water partition coefficient (Wildman–Crippen LogP) is 4.15. The van der Waals surface area contributed by atoms with Gasteiger partial charge in [0, 0.05) is 18.0 Å². The Morgan fingerprint density at radius 1 is 1.12 bits per heavy atom. The molecule has 0 bridgehead atoms. The van der Waals surface area contributed by atoms with E-state index in [0.29, 0.717) is 11.3 Å². The first-order chi connectivity index (χ1) is 11.5. The number of hydrogen-bond donors (Lipinski definition) is 0. The third-order valence-corrected chi connectivity index (χ3v) is 4.61. The van der Waals surface area contributed by atoms with E-state index in [1.54, 1.807) is 3.97 Å². The van der Waals surface area contributed by atoms with Crippen molar-refractivity contribution >= 4 is 46.0 Å². The first kappa shape index (κ1) is 16.2. The Morgan fingerprint density at radius 2 is 1.88 bits per heavy atom. The summed E-state index contributed by atoms with van der Waals surface area (Å²) in [6.07, 6.45) is 0. The zero-order valence-corrected chi connectivity index (χ0v) is 13.5. The van der Waals surface area contributed by atoms with Crippen LogP contribution in [0.1, 0.15) is 5.82 Å². The Morgan fingerprint density at radius 3 is 2.54 bits per heavy atom. The number of benzene rings is 2. The van der Waals surface area contributed by atoms with Crippen LogP contribution in [0.3, 0.4) is 0 Å². The lowest BCUT2D eigenvalue weighted by atomic mass is 10.3. The van der Waals surface area contributed by atoms with Gasteiger partial charge in [-0.3, -0.25) is 24.2 Å². The average Bonchev–Trinajstić information content (AvgIpc) is 2.92. The molecule has 0 radical (unpaired) electrons. The van der Waals surface area contributed by atoms with Gasteiger partial charge in [0.05, 0.1) is 32.8 Å². The summed E-state index contributed by atoms with van der Waals surface area (Å²) in [6.45, 7) is 0. The van der Waals surface area contributed by atoms with Crippen molar-refractivity contribution in [3.05, 3.63) is 68.5 Å². The molecule has 1 aromatic heterocycles. The Labute approximate surface area is 144 Å². The molecule has 0 unspecified atom stereocenters. The summed E-state index contributed by atoms with van der Waals surface area (Å²) in [5.74, 6) is 0.665. The third kappa shape index (κ3) is 2.91. The first-order valence-corrected chi connectivity index (χ1v) is 7.95. The molecular weight excluding hydrogens is 356 g/mol. The van der Waals surface area contributed by atoms with Crippen LogP contribution in [0, 0.1) is 20.2 Å². The lowest BCUT2D eigenvalue weighted by Crippen LogP contribution is -1.98. The number of alkyl halides is 1. The molecular formula is C14H9ClN4O4S. The van der Waals surface area contributed by atoms with Gasteiger partial charge in [-0.05, 0) is 18.2 Å². The van der Waals surface area contributed by atoms with Crippen molar-refractivity contribution in [1.82, 2.24) is 8.96 Å². The average molecular weight is 365 g/mol. The van der Waals surface area contributed by atoms with Crippen LogP contribution >= 0.6 is 23.5 Å². The zero-order chi connectivity index (χ0) is 17.3. The smallest absolute Gasteiger partial charge is 0.264 e. The number of imidazole rings is 1. The van der Waals surface area contributed by atoms with Crippen LogP contribution in [0.15, 0.2) is 47.4 Å². The highest BCUT2D eigenvalue weighted by Gasteiger charge is 2.22. The number of fused-ring (bicyclic) bond motifs is 1. The summed E-state index contributed by atoms with van der Waals surface area (Å²) in [5.41, 5.74) is 0.794. The summed E-state index contributed by atoms with van der Waals surface area (Å²) in [4.78, 5) is 25.4. The molecule has 0 N–H and O–H groups in total. The van der Waals surface area contributed by atoms with Crippen molar-refractivity contribution in [2.75, 3.05) is 0 Å². The van der Waals surface area contributed by atoms with Gasteiger partial charge in [0.1, 0.15) is 10.7 Å². The van der Waals surface area contributed by atoms with E-state index in [1.807, 2.05) is 24.3 Å². The number of non-ortho nitro benzene ring substituents is 1. The van der Waals surface area contributed by atoms with E-state index in [1.165, 1.54) is 12.1 Å². The molecule has 0 saturated heterocycles. The number of nitro benzene ring substituents is 2. The molecule has 10 heteroatoms. The van der Waals surface area contributed by atoms with E-state index in [9.17, 15) is 20.2 Å². The molecule has 0 aliphatic carbocycles. The summed E-state index contributed by atoms with van der Waals surface area (Å²) in [5, 5.41) is 22.1. The molecule has 8 nitrogen and oxygen atoms in total. The number of para-hydroxylation sites is 2. The van der Waals surface area contributed by atoms with Crippen LogP contribution in [-0.4, -0.2) is 18.8 Å². The minimum atomic E-state index is -0.668. The molecule has 0 spiro atoms. The van der Waals surface area contributed by atoms with E-state index in [0.717, 1.165) is 23.5 Å². The van der Waals surface area contributed by atoms with Gasteiger partial charge < -0.3 is 0 Å². The van der Waals surface area contributed by atoms with Gasteiger partial charge >= 0.3 is 0 Å². The molecule has 24 heavy (non-hydrogen) atoms. The number of halogens is 1. The summed E-state index contributed by atoms with van der Waals surface area (Å²) in [6, 6.07) is 10.8. The fraction of sp³-hybridized carbons (Fsp3) is 0.0714. The van der Waals surface area contributed by atoms with E-state index in [2.05, 4.69) is 4.98 Å². The van der Waals surface area contributed by atoms with Gasteiger partial charge in [0.2, 0.25) is 0 Å². The molecule has 0 saturated carbocycles. The quantitative estimate of drug-likeness (QED) is 0.382. The molecule has 0 aliphatic heterocycles. The van der Waals surface area contributed by atoms with Crippen molar-refractivity contribution in [1.29, 1.82) is 0 Å². The minimum absolute atomic E-state index is 0.127. The van der Waals surface area contributed by atoms with Crippen molar-refractivity contribution in [3.63, 3.8) is 0 Å². The van der Waals surface area contributed by atoms with Crippen LogP contribution in [0.5, 0.6) is 0 Å². The molecule has 3 aromatic rings. The lowest BCUT2D eigenvalue weighted by molar-refractivity contribution is -0.396. The Balaban J connectivity index is 2.12. The molecule has 0 atom stereocenters. The maximum Gasteiger partial charge on any atom is 0.291 e. The minimum Gasteiger partial charge on any atom is -0.264 e. The molecule has 0 fully saturated rings. The second kappa shape index (κ2) is 6.46. The molecule has 0 aliphatic rings. The number of nitro groups is 2. The monoisotopic (exact) mass is 364 g/mol. The van der Waals surface area contributed by atoms with Crippen LogP contribution in [0.4, 0.5) is 11.4 Å². The van der Waals surface area contributed by atoms with Crippen LogP contribution in [-0.2, 0) is 5.88 Å². The fourth-order valence-corrected chi connectivity index (χ4v) is 3.44. The van der Waals surface area contributed by atoms with Crippen molar-refractivity contribution in [2.45, 2.75) is 10.8 Å². The Hall–Kier alpha value is -2.65. The second-order valence-corrected chi connectivity index (χ2v) is 5.96. The first-order valence-electron chi connectivity index (χ1n) is 6.64. The molecule has 2 aromatic carbocycles. The number of aromatic nitrogens is 2. The lowest BCUT2D eigenvalue weighted by Gasteiger charge is -2.07. The topological polar surface area (TPSA) is 104 Å². The van der Waals surface area contributed by atoms with Gasteiger partial charge in [-0.15, -0.1) is 11.6 Å². The van der Waals surface area contributed by atoms with Crippen molar-refractivity contribution in [2.24, 2.45) is 0 Å². The second-order valence-electron chi connectivity index (χ2n) is 4.70. The largest absolute Gasteiger partial charge is 0.291 e. The maximum absolute atomic E-state index is 11.3. The van der Waals surface area contributed by atoms with Crippen LogP contribution < -0.4 is 0 Å². The molecule has 0 amide bonds. The maximum atomic E-state index is 11.3. The highest BCUT2D eigenvalue weighted by atomic mass is 35.5. The van der Waals surface area contributed by atoms with Gasteiger partial charge in [0.25, 0.3) is 11.4 Å². The Bertz CT molecular complexity index is 959. The number of nitrogens with zero attached hydrogens (tertiary/aromatic N) is 4. The summed E-state index contributed by atoms with van der Waals surface area (Å²) in [7, 11) is 0. The van der Waals surface area contributed by atoms with E-state index >= 15 is 0 Å².